The fourth-order valence-electron chi connectivity index (χ4n) is 7.38. The van der Waals surface area contributed by atoms with Gasteiger partial charge in [0.1, 0.15) is 13.2 Å². The van der Waals surface area contributed by atoms with Crippen LogP contribution >= 0.6 is 0 Å². The van der Waals surface area contributed by atoms with Crippen molar-refractivity contribution in [3.8, 4) is 0 Å². The average Bonchev–Trinajstić information content (AvgIpc) is 3.18. The molecule has 0 aromatic rings. The van der Waals surface area contributed by atoms with Gasteiger partial charge in [0.15, 0.2) is 6.10 Å². The lowest BCUT2D eigenvalue weighted by atomic mass is 10.0. The second-order valence-corrected chi connectivity index (χ2v) is 16.7. The van der Waals surface area contributed by atoms with E-state index in [-0.39, 0.29) is 31.1 Å². The van der Waals surface area contributed by atoms with Crippen LogP contribution in [0.25, 0.3) is 0 Å². The van der Waals surface area contributed by atoms with Crippen molar-refractivity contribution in [3.05, 3.63) is 0 Å². The minimum Gasteiger partial charge on any atom is -0.462 e. The number of hydrogen-bond acceptors (Lipinski definition) is 6. The quantitative estimate of drug-likeness (QED) is 0.0348. The van der Waals surface area contributed by atoms with Crippen LogP contribution in [0.3, 0.4) is 0 Å². The van der Waals surface area contributed by atoms with Gasteiger partial charge in [0.05, 0.1) is 0 Å². The van der Waals surface area contributed by atoms with Gasteiger partial charge in [0, 0.05) is 19.3 Å². The summed E-state index contributed by atoms with van der Waals surface area (Å²) in [7, 11) is 0. The molecule has 6 heteroatoms. The number of esters is 3. The van der Waals surface area contributed by atoms with Crippen molar-refractivity contribution in [1.29, 1.82) is 0 Å². The molecule has 0 fully saturated rings. The number of carbonyl (C=O) groups excluding carboxylic acids is 3. The third kappa shape index (κ3) is 43.4. The van der Waals surface area contributed by atoms with E-state index in [1.165, 1.54) is 173 Å². The van der Waals surface area contributed by atoms with Crippen molar-refractivity contribution >= 4 is 17.9 Å². The molecule has 0 bridgehead atoms. The highest BCUT2D eigenvalue weighted by atomic mass is 16.6. The highest BCUT2D eigenvalue weighted by Gasteiger charge is 2.19. The smallest absolute Gasteiger partial charge is 0.306 e. The molecule has 55 heavy (non-hydrogen) atoms. The predicted molar refractivity (Wildman–Crippen MR) is 233 cm³/mol. The Balaban J connectivity index is 4.13. The van der Waals surface area contributed by atoms with E-state index in [0.29, 0.717) is 19.3 Å². The Hall–Kier alpha value is -1.59. The molecule has 0 aliphatic heterocycles. The van der Waals surface area contributed by atoms with Crippen LogP contribution in [0.2, 0.25) is 0 Å². The van der Waals surface area contributed by atoms with Crippen LogP contribution in [0.1, 0.15) is 278 Å². The number of unbranched alkanes of at least 4 members (excludes halogenated alkanes) is 34. The van der Waals surface area contributed by atoms with Gasteiger partial charge in [0.2, 0.25) is 0 Å². The molecule has 326 valence electrons. The van der Waals surface area contributed by atoms with Crippen molar-refractivity contribution in [1.82, 2.24) is 0 Å². The van der Waals surface area contributed by atoms with Gasteiger partial charge in [-0.05, 0) is 19.3 Å². The van der Waals surface area contributed by atoms with Gasteiger partial charge in [-0.1, -0.05) is 239 Å². The van der Waals surface area contributed by atoms with Crippen LogP contribution in [-0.4, -0.2) is 37.2 Å². The van der Waals surface area contributed by atoms with Crippen molar-refractivity contribution in [2.24, 2.45) is 0 Å². The molecule has 0 radical (unpaired) electrons. The van der Waals surface area contributed by atoms with Crippen LogP contribution in [-0.2, 0) is 28.6 Å². The van der Waals surface area contributed by atoms with Gasteiger partial charge < -0.3 is 14.2 Å². The lowest BCUT2D eigenvalue weighted by Crippen LogP contribution is -2.30. The fourth-order valence-corrected chi connectivity index (χ4v) is 7.38. The Morgan fingerprint density at radius 2 is 0.491 bits per heavy atom. The summed E-state index contributed by atoms with van der Waals surface area (Å²) in [5.74, 6) is -0.860. The highest BCUT2D eigenvalue weighted by Crippen LogP contribution is 2.16. The van der Waals surface area contributed by atoms with Crippen molar-refractivity contribution in [3.63, 3.8) is 0 Å². The Morgan fingerprint density at radius 1 is 0.291 bits per heavy atom. The van der Waals surface area contributed by atoms with Crippen LogP contribution in [0, 0.1) is 0 Å². The second-order valence-electron chi connectivity index (χ2n) is 16.7. The van der Waals surface area contributed by atoms with Gasteiger partial charge >= 0.3 is 17.9 Å². The first-order chi connectivity index (χ1) is 27.0. The third-order valence-electron chi connectivity index (χ3n) is 11.1. The Morgan fingerprint density at radius 3 is 0.727 bits per heavy atom. The minimum atomic E-state index is -0.757. The molecule has 6 nitrogen and oxygen atoms in total. The molecule has 0 aliphatic rings. The number of rotatable bonds is 45. The van der Waals surface area contributed by atoms with Crippen molar-refractivity contribution in [2.75, 3.05) is 13.2 Å². The molecule has 0 saturated carbocycles. The Bertz CT molecular complexity index is 813. The maximum atomic E-state index is 12.7. The van der Waals surface area contributed by atoms with Gasteiger partial charge in [-0.2, -0.15) is 0 Å². The van der Waals surface area contributed by atoms with Crippen molar-refractivity contribution < 1.29 is 28.6 Å². The van der Waals surface area contributed by atoms with Gasteiger partial charge in [-0.25, -0.2) is 0 Å². The molecule has 0 saturated heterocycles. The lowest BCUT2D eigenvalue weighted by Gasteiger charge is -2.18. The minimum absolute atomic E-state index is 0.0633. The topological polar surface area (TPSA) is 78.9 Å². The predicted octanol–water partition coefficient (Wildman–Crippen LogP) is 15.6. The number of ether oxygens (including phenoxy) is 3. The zero-order valence-corrected chi connectivity index (χ0v) is 37.2. The van der Waals surface area contributed by atoms with E-state index in [1.54, 1.807) is 0 Å². The maximum Gasteiger partial charge on any atom is 0.306 e. The van der Waals surface area contributed by atoms with Crippen molar-refractivity contribution in [2.45, 2.75) is 284 Å². The first-order valence-corrected chi connectivity index (χ1v) is 24.5. The van der Waals surface area contributed by atoms with E-state index in [4.69, 9.17) is 14.2 Å². The number of hydrogen-bond donors (Lipinski definition) is 0. The second kappa shape index (κ2) is 45.1. The zero-order valence-electron chi connectivity index (χ0n) is 37.2. The van der Waals surface area contributed by atoms with Gasteiger partial charge in [-0.3, -0.25) is 14.4 Å². The zero-order chi connectivity index (χ0) is 40.1. The molecule has 1 atom stereocenters. The maximum absolute atomic E-state index is 12.7. The van der Waals surface area contributed by atoms with E-state index < -0.39 is 6.10 Å². The summed E-state index contributed by atoms with van der Waals surface area (Å²) in [6.07, 6.45) is 46.9. The molecule has 0 N–H and O–H groups in total. The van der Waals surface area contributed by atoms with E-state index in [9.17, 15) is 14.4 Å². The van der Waals surface area contributed by atoms with Crippen LogP contribution in [0.15, 0.2) is 0 Å². The molecular formula is C49H94O6. The van der Waals surface area contributed by atoms with Gasteiger partial charge in [0.25, 0.3) is 0 Å². The third-order valence-corrected chi connectivity index (χ3v) is 11.1. The first-order valence-electron chi connectivity index (χ1n) is 24.5. The Kier molecular flexibility index (Phi) is 43.8. The SMILES string of the molecule is CCCCCCCCCCCCCCCCCCC(=O)OC[C@H](COC(=O)CCCCCCC)OC(=O)CCCCCCCCCCCCCCCCCC. The molecule has 0 unspecified atom stereocenters. The monoisotopic (exact) mass is 779 g/mol. The molecule has 0 spiro atoms. The van der Waals surface area contributed by atoms with E-state index in [2.05, 4.69) is 20.8 Å². The molecule has 0 aromatic carbocycles. The van der Waals surface area contributed by atoms with E-state index in [0.717, 1.165) is 64.2 Å². The summed E-state index contributed by atoms with van der Waals surface area (Å²) in [4.78, 5) is 37.6. The largest absolute Gasteiger partial charge is 0.462 e. The molecule has 0 aromatic heterocycles. The summed E-state index contributed by atoms with van der Waals surface area (Å²) >= 11 is 0. The van der Waals surface area contributed by atoms with Gasteiger partial charge in [-0.15, -0.1) is 0 Å². The molecular weight excluding hydrogens is 685 g/mol. The van der Waals surface area contributed by atoms with E-state index >= 15 is 0 Å². The molecule has 0 rings (SSSR count). The number of carbonyl (C=O) groups is 3. The van der Waals surface area contributed by atoms with Crippen LogP contribution in [0.4, 0.5) is 0 Å². The summed E-state index contributed by atoms with van der Waals surface area (Å²) in [5.41, 5.74) is 0. The Labute approximate surface area is 342 Å². The fraction of sp³-hybridized carbons (Fsp3) is 0.939. The first kappa shape index (κ1) is 53.4. The summed E-state index contributed by atoms with van der Waals surface area (Å²) in [6.45, 7) is 6.59. The molecule has 0 amide bonds. The summed E-state index contributed by atoms with van der Waals surface area (Å²) in [5, 5.41) is 0. The summed E-state index contributed by atoms with van der Waals surface area (Å²) < 4.78 is 16.7. The average molecular weight is 779 g/mol. The summed E-state index contributed by atoms with van der Waals surface area (Å²) in [6, 6.07) is 0. The lowest BCUT2D eigenvalue weighted by molar-refractivity contribution is -0.167. The molecule has 0 aliphatic carbocycles. The van der Waals surface area contributed by atoms with Crippen LogP contribution in [0.5, 0.6) is 0 Å². The standard InChI is InChI=1S/C49H94O6/c1-4-7-10-13-15-17-19-21-23-25-27-29-31-33-36-39-42-48(51)54-45-46(44-53-47(50)41-38-35-12-9-6-3)55-49(52)43-40-37-34-32-30-28-26-24-22-20-18-16-14-11-8-5-2/h46H,4-45H2,1-3H3/t46-/m0/s1. The highest BCUT2D eigenvalue weighted by molar-refractivity contribution is 5.71. The normalized spacial score (nSPS) is 11.8. The van der Waals surface area contributed by atoms with E-state index in [1.807, 2.05) is 0 Å². The molecule has 0 heterocycles. The van der Waals surface area contributed by atoms with Crippen LogP contribution < -0.4 is 0 Å².